The number of halogens is 4. The first-order valence-electron chi connectivity index (χ1n) is 16.7. The molecule has 0 fully saturated rings. The summed E-state index contributed by atoms with van der Waals surface area (Å²) in [5, 5.41) is 4.85. The molecule has 0 aliphatic rings. The minimum Gasteiger partial charge on any atom is -0.460 e. The predicted molar refractivity (Wildman–Crippen MR) is 211 cm³/mol. The van der Waals surface area contributed by atoms with Crippen LogP contribution < -0.4 is 10.6 Å². The van der Waals surface area contributed by atoms with Gasteiger partial charge in [0.15, 0.2) is 0 Å². The monoisotopic (exact) mass is 1050 g/mol. The maximum Gasteiger partial charge on any atom is 0.407 e. The molecule has 2 amide bonds. The van der Waals surface area contributed by atoms with Crippen molar-refractivity contribution in [2.75, 3.05) is 106 Å². The van der Waals surface area contributed by atoms with E-state index in [4.69, 9.17) is 47.4 Å². The average Bonchev–Trinajstić information content (AvgIpc) is 3.16. The van der Waals surface area contributed by atoms with Crippen molar-refractivity contribution in [1.29, 1.82) is 0 Å². The number of amides is 2. The second-order valence-electron chi connectivity index (χ2n) is 10.7. The van der Waals surface area contributed by atoms with Crippen molar-refractivity contribution in [3.63, 3.8) is 0 Å². The fourth-order valence-corrected chi connectivity index (χ4v) is 5.96. The number of ether oxygens (including phenoxy) is 10. The molecule has 0 bridgehead atoms. The Morgan fingerprint density at radius 1 is 0.429 bits per heavy atom. The van der Waals surface area contributed by atoms with Crippen LogP contribution in [0, 0.1) is 0 Å². The molecular formula is C34H44Br4N2O16. The van der Waals surface area contributed by atoms with Crippen molar-refractivity contribution in [3.05, 3.63) is 53.3 Å². The van der Waals surface area contributed by atoms with Crippen molar-refractivity contribution in [3.8, 4) is 0 Å². The molecule has 1 aromatic carbocycles. The molecule has 1 aromatic rings. The van der Waals surface area contributed by atoms with E-state index in [2.05, 4.69) is 87.5 Å². The van der Waals surface area contributed by atoms with E-state index in [1.807, 2.05) is 0 Å². The van der Waals surface area contributed by atoms with E-state index in [-0.39, 0.29) is 137 Å². The first-order chi connectivity index (χ1) is 26.7. The summed E-state index contributed by atoms with van der Waals surface area (Å²) in [6, 6.07) is 0. The molecule has 314 valence electrons. The van der Waals surface area contributed by atoms with Gasteiger partial charge in [-0.1, -0.05) is 13.2 Å². The van der Waals surface area contributed by atoms with Gasteiger partial charge in [-0.2, -0.15) is 0 Å². The van der Waals surface area contributed by atoms with E-state index in [9.17, 15) is 28.8 Å². The number of alkyl carbamates (subject to hydrolysis) is 2. The standard InChI is InChI=1S/C34H44Br4N2O16/c1-21(2)29(41)51-7-5-39-33(45)55-19-15-49-11-9-47-13-17-53-31(43)23-24(26(36)28(38)27(37)25(23)35)32(44)54-18-14-48-10-12-50-16-20-56-34(46)40-6-8-52-30(42)22(3)4/h1,3,5-20H2,2,4H3,(H,39,45)(H,40,46). The molecular weight excluding hydrogens is 1010 g/mol. The third-order valence-electron chi connectivity index (χ3n) is 6.17. The number of hydrogen-bond donors (Lipinski definition) is 2. The van der Waals surface area contributed by atoms with Crippen molar-refractivity contribution in [1.82, 2.24) is 10.6 Å². The highest BCUT2D eigenvalue weighted by Gasteiger charge is 2.30. The zero-order chi connectivity index (χ0) is 41.9. The number of esters is 4. The quantitative estimate of drug-likeness (QED) is 0.0287. The second kappa shape index (κ2) is 30.0. The summed E-state index contributed by atoms with van der Waals surface area (Å²) in [5.41, 5.74) is 0.334. The zero-order valence-electron chi connectivity index (χ0n) is 30.8. The molecule has 56 heavy (non-hydrogen) atoms. The van der Waals surface area contributed by atoms with E-state index in [0.29, 0.717) is 8.95 Å². The highest BCUT2D eigenvalue weighted by molar-refractivity contribution is 9.15. The molecule has 1 rings (SSSR count). The number of benzene rings is 1. The minimum atomic E-state index is -0.819. The van der Waals surface area contributed by atoms with Gasteiger partial charge >= 0.3 is 36.1 Å². The SMILES string of the molecule is C=C(C)C(=O)OCCNC(=O)OCCOCCOCCOC(=O)c1c(Br)c(Br)c(Br)c(Br)c1C(=O)OCCOCCOCCOC(=O)NCCOC(=O)C(=C)C. The lowest BCUT2D eigenvalue weighted by Gasteiger charge is -2.16. The fourth-order valence-electron chi connectivity index (χ4n) is 3.52. The molecule has 0 spiro atoms. The Hall–Kier alpha value is -3.12. The number of carbonyl (C=O) groups excluding carboxylic acids is 6. The molecule has 0 saturated heterocycles. The fraction of sp³-hybridized carbons (Fsp3) is 0.529. The van der Waals surface area contributed by atoms with Crippen molar-refractivity contribution >= 4 is 99.8 Å². The van der Waals surface area contributed by atoms with E-state index >= 15 is 0 Å². The Balaban J connectivity index is 2.31. The van der Waals surface area contributed by atoms with Gasteiger partial charge < -0.3 is 58.0 Å². The molecule has 0 saturated carbocycles. The largest absolute Gasteiger partial charge is 0.460 e. The highest BCUT2D eigenvalue weighted by Crippen LogP contribution is 2.42. The molecule has 0 heterocycles. The Morgan fingerprint density at radius 3 is 1.02 bits per heavy atom. The molecule has 0 aliphatic heterocycles. The van der Waals surface area contributed by atoms with Gasteiger partial charge in [0.2, 0.25) is 0 Å². The Labute approximate surface area is 357 Å². The van der Waals surface area contributed by atoms with Crippen LogP contribution in [0.2, 0.25) is 0 Å². The number of carbonyl (C=O) groups is 6. The summed E-state index contributed by atoms with van der Waals surface area (Å²) < 4.78 is 53.1. The van der Waals surface area contributed by atoms with Crippen LogP contribution in [0.4, 0.5) is 9.59 Å². The molecule has 0 aromatic heterocycles. The maximum absolute atomic E-state index is 13.1. The van der Waals surface area contributed by atoms with Crippen LogP contribution in [0.15, 0.2) is 42.2 Å². The van der Waals surface area contributed by atoms with Gasteiger partial charge in [0.1, 0.15) is 39.6 Å². The summed E-state index contributed by atoms with van der Waals surface area (Å²) in [7, 11) is 0. The minimum absolute atomic E-state index is 0.0167. The van der Waals surface area contributed by atoms with Crippen LogP contribution in [-0.2, 0) is 57.0 Å². The topological polar surface area (TPSA) is 219 Å². The summed E-state index contributed by atoms with van der Waals surface area (Å²) in [6.07, 6.45) is -1.38. The number of rotatable bonds is 28. The normalized spacial score (nSPS) is 10.5. The molecule has 18 nitrogen and oxygen atoms in total. The Morgan fingerprint density at radius 2 is 0.714 bits per heavy atom. The van der Waals surface area contributed by atoms with Crippen molar-refractivity contribution < 1.29 is 76.1 Å². The van der Waals surface area contributed by atoms with E-state index in [0.717, 1.165) is 0 Å². The lowest BCUT2D eigenvalue weighted by molar-refractivity contribution is -0.139. The summed E-state index contributed by atoms with van der Waals surface area (Å²) in [5.74, 6) is -2.74. The smallest absolute Gasteiger partial charge is 0.407 e. The molecule has 22 heteroatoms. The average molecular weight is 1060 g/mol. The van der Waals surface area contributed by atoms with Crippen LogP contribution in [0.25, 0.3) is 0 Å². The molecule has 0 atom stereocenters. The number of hydrogen-bond acceptors (Lipinski definition) is 16. The van der Waals surface area contributed by atoms with Crippen LogP contribution in [-0.4, -0.2) is 142 Å². The molecule has 0 aliphatic carbocycles. The van der Waals surface area contributed by atoms with Gasteiger partial charge in [-0.15, -0.1) is 0 Å². The maximum atomic E-state index is 13.1. The first kappa shape index (κ1) is 50.9. The van der Waals surface area contributed by atoms with Gasteiger partial charge in [0, 0.05) is 29.0 Å². The highest BCUT2D eigenvalue weighted by atomic mass is 79.9. The van der Waals surface area contributed by atoms with E-state index in [1.54, 1.807) is 0 Å². The Kier molecular flexibility index (Phi) is 27.3. The van der Waals surface area contributed by atoms with Crippen LogP contribution in [0.3, 0.4) is 0 Å². The first-order valence-corrected chi connectivity index (χ1v) is 19.8. The second-order valence-corrected chi connectivity index (χ2v) is 13.9. The Bertz CT molecular complexity index is 1400. The van der Waals surface area contributed by atoms with Gasteiger partial charge in [-0.25, -0.2) is 28.8 Å². The number of nitrogens with one attached hydrogen (secondary N) is 2. The third kappa shape index (κ3) is 21.4. The van der Waals surface area contributed by atoms with E-state index in [1.165, 1.54) is 13.8 Å². The lowest BCUT2D eigenvalue weighted by Crippen LogP contribution is -2.29. The van der Waals surface area contributed by atoms with Crippen LogP contribution >= 0.6 is 63.7 Å². The van der Waals surface area contributed by atoms with Gasteiger partial charge in [0.25, 0.3) is 0 Å². The lowest BCUT2D eigenvalue weighted by atomic mass is 10.1. The van der Waals surface area contributed by atoms with Crippen molar-refractivity contribution in [2.45, 2.75) is 13.8 Å². The van der Waals surface area contributed by atoms with Gasteiger partial charge in [0.05, 0.1) is 77.1 Å². The van der Waals surface area contributed by atoms with E-state index < -0.39 is 36.1 Å². The summed E-state index contributed by atoms with van der Waals surface area (Å²) in [4.78, 5) is 72.0. The molecule has 0 unspecified atom stereocenters. The predicted octanol–water partition coefficient (Wildman–Crippen LogP) is 4.81. The molecule has 2 N–H and O–H groups in total. The third-order valence-corrected chi connectivity index (χ3v) is 10.9. The van der Waals surface area contributed by atoms with Gasteiger partial charge in [-0.05, 0) is 77.6 Å². The summed E-state index contributed by atoms with van der Waals surface area (Å²) >= 11 is 13.4. The van der Waals surface area contributed by atoms with Crippen LogP contribution in [0.5, 0.6) is 0 Å². The van der Waals surface area contributed by atoms with Gasteiger partial charge in [-0.3, -0.25) is 0 Å². The zero-order valence-corrected chi connectivity index (χ0v) is 37.1. The van der Waals surface area contributed by atoms with Crippen LogP contribution in [0.1, 0.15) is 34.6 Å². The summed E-state index contributed by atoms with van der Waals surface area (Å²) in [6.45, 7) is 10.7. The molecule has 0 radical (unpaired) electrons. The van der Waals surface area contributed by atoms with Crippen molar-refractivity contribution in [2.24, 2.45) is 0 Å².